The second-order valence-electron chi connectivity index (χ2n) is 5.63. The summed E-state index contributed by atoms with van der Waals surface area (Å²) >= 11 is 0. The molecule has 2 bridgehead atoms. The number of aromatic nitrogens is 1. The lowest BCUT2D eigenvalue weighted by Gasteiger charge is -2.35. The molecule has 0 spiro atoms. The molecule has 0 aliphatic heterocycles. The van der Waals surface area contributed by atoms with Crippen molar-refractivity contribution in [3.8, 4) is 0 Å². The van der Waals surface area contributed by atoms with E-state index < -0.39 is 0 Å². The number of fused-ring (bicyclic) bond motifs is 4. The number of carbonyl (C=O) groups excluding carboxylic acids is 1. The second-order valence-corrected chi connectivity index (χ2v) is 5.63. The van der Waals surface area contributed by atoms with E-state index in [9.17, 15) is 9.59 Å². The molecule has 2 atom stereocenters. The first kappa shape index (κ1) is 12.2. The maximum absolute atomic E-state index is 12.0. The van der Waals surface area contributed by atoms with E-state index in [2.05, 4.69) is 23.3 Å². The number of rotatable bonds is 1. The Bertz CT molecular complexity index is 628. The van der Waals surface area contributed by atoms with Crippen LogP contribution in [0.15, 0.2) is 22.5 Å². The monoisotopic (exact) mass is 258 g/mol. The van der Waals surface area contributed by atoms with Crippen molar-refractivity contribution in [1.29, 1.82) is 0 Å². The van der Waals surface area contributed by atoms with Gasteiger partial charge in [-0.3, -0.25) is 9.59 Å². The molecule has 4 nitrogen and oxygen atoms in total. The van der Waals surface area contributed by atoms with Crippen molar-refractivity contribution in [1.82, 2.24) is 10.3 Å². The van der Waals surface area contributed by atoms with Crippen molar-refractivity contribution in [2.75, 3.05) is 7.05 Å². The quantitative estimate of drug-likeness (QED) is 0.754. The summed E-state index contributed by atoms with van der Waals surface area (Å²) in [4.78, 5) is 26.6. The van der Waals surface area contributed by atoms with E-state index in [0.717, 1.165) is 30.5 Å². The molecule has 0 radical (unpaired) electrons. The van der Waals surface area contributed by atoms with Crippen LogP contribution in [0, 0.1) is 5.92 Å². The molecule has 100 valence electrons. The SMILES string of the molecule is CNC(=O)c1cc(=O)[nH]c2c1[C@H]1CC(C)=C[C@@H](C2)C1. The van der Waals surface area contributed by atoms with Crippen molar-refractivity contribution in [2.45, 2.75) is 32.1 Å². The predicted octanol–water partition coefficient (Wildman–Crippen LogP) is 1.73. The van der Waals surface area contributed by atoms with E-state index in [1.807, 2.05) is 0 Å². The Morgan fingerprint density at radius 1 is 1.42 bits per heavy atom. The summed E-state index contributed by atoms with van der Waals surface area (Å²) in [5.41, 5.74) is 3.78. The van der Waals surface area contributed by atoms with Gasteiger partial charge in [0.1, 0.15) is 0 Å². The van der Waals surface area contributed by atoms with Crippen LogP contribution in [0.5, 0.6) is 0 Å². The number of carbonyl (C=O) groups is 1. The summed E-state index contributed by atoms with van der Waals surface area (Å²) in [5, 5.41) is 2.64. The van der Waals surface area contributed by atoms with Gasteiger partial charge in [-0.15, -0.1) is 0 Å². The van der Waals surface area contributed by atoms with Crippen LogP contribution < -0.4 is 10.9 Å². The molecule has 2 aliphatic rings. The summed E-state index contributed by atoms with van der Waals surface area (Å²) in [5.74, 6) is 0.706. The highest BCUT2D eigenvalue weighted by Crippen LogP contribution is 2.43. The van der Waals surface area contributed by atoms with E-state index in [1.54, 1.807) is 7.05 Å². The smallest absolute Gasteiger partial charge is 0.251 e. The van der Waals surface area contributed by atoms with Crippen molar-refractivity contribution >= 4 is 5.91 Å². The molecule has 19 heavy (non-hydrogen) atoms. The van der Waals surface area contributed by atoms with Gasteiger partial charge in [0.25, 0.3) is 5.91 Å². The number of amides is 1. The van der Waals surface area contributed by atoms with Gasteiger partial charge < -0.3 is 10.3 Å². The molecule has 1 amide bonds. The van der Waals surface area contributed by atoms with Gasteiger partial charge in [-0.05, 0) is 43.6 Å². The zero-order valence-corrected chi connectivity index (χ0v) is 11.2. The highest BCUT2D eigenvalue weighted by Gasteiger charge is 2.33. The molecular formula is C15H18N2O2. The first-order valence-corrected chi connectivity index (χ1v) is 6.74. The Balaban J connectivity index is 2.17. The molecule has 2 aliphatic carbocycles. The first-order chi connectivity index (χ1) is 9.08. The molecule has 0 aromatic carbocycles. The molecular weight excluding hydrogens is 240 g/mol. The minimum atomic E-state index is -0.182. The third-order valence-corrected chi connectivity index (χ3v) is 4.19. The molecule has 3 rings (SSSR count). The summed E-state index contributed by atoms with van der Waals surface area (Å²) in [6.45, 7) is 2.15. The van der Waals surface area contributed by atoms with Crippen LogP contribution in [-0.2, 0) is 6.42 Å². The van der Waals surface area contributed by atoms with E-state index in [1.165, 1.54) is 11.6 Å². The summed E-state index contributed by atoms with van der Waals surface area (Å²) in [7, 11) is 1.60. The van der Waals surface area contributed by atoms with Crippen LogP contribution in [0.1, 0.15) is 47.3 Å². The van der Waals surface area contributed by atoms with Gasteiger partial charge in [0.2, 0.25) is 5.56 Å². The third-order valence-electron chi connectivity index (χ3n) is 4.19. The van der Waals surface area contributed by atoms with E-state index in [0.29, 0.717) is 17.4 Å². The molecule has 1 aromatic heterocycles. The maximum atomic E-state index is 12.0. The summed E-state index contributed by atoms with van der Waals surface area (Å²) < 4.78 is 0. The minimum Gasteiger partial charge on any atom is -0.355 e. The van der Waals surface area contributed by atoms with Crippen LogP contribution in [0.2, 0.25) is 0 Å². The van der Waals surface area contributed by atoms with Crippen LogP contribution in [0.25, 0.3) is 0 Å². The van der Waals surface area contributed by atoms with Gasteiger partial charge in [0, 0.05) is 24.4 Å². The number of hydrogen-bond donors (Lipinski definition) is 2. The zero-order chi connectivity index (χ0) is 13.6. The average Bonchev–Trinajstić information content (AvgIpc) is 2.35. The highest BCUT2D eigenvalue weighted by molar-refractivity contribution is 5.95. The molecule has 4 heteroatoms. The first-order valence-electron chi connectivity index (χ1n) is 6.74. The van der Waals surface area contributed by atoms with Gasteiger partial charge in [-0.1, -0.05) is 11.6 Å². The number of nitrogens with one attached hydrogen (secondary N) is 2. The Kier molecular flexibility index (Phi) is 2.81. The molecule has 0 unspecified atom stereocenters. The second kappa shape index (κ2) is 4.37. The Labute approximate surface area is 111 Å². The van der Waals surface area contributed by atoms with E-state index in [-0.39, 0.29) is 11.5 Å². The Morgan fingerprint density at radius 2 is 2.21 bits per heavy atom. The van der Waals surface area contributed by atoms with Gasteiger partial charge in [0.15, 0.2) is 0 Å². The fourth-order valence-electron chi connectivity index (χ4n) is 3.57. The van der Waals surface area contributed by atoms with Crippen molar-refractivity contribution in [2.24, 2.45) is 5.92 Å². The number of hydrogen-bond acceptors (Lipinski definition) is 2. The van der Waals surface area contributed by atoms with Crippen LogP contribution in [-0.4, -0.2) is 17.9 Å². The molecule has 0 saturated heterocycles. The Morgan fingerprint density at radius 3 is 2.95 bits per heavy atom. The third kappa shape index (κ3) is 2.01. The topological polar surface area (TPSA) is 62.0 Å². The lowest BCUT2D eigenvalue weighted by molar-refractivity contribution is 0.0960. The van der Waals surface area contributed by atoms with Crippen LogP contribution >= 0.6 is 0 Å². The van der Waals surface area contributed by atoms with Crippen molar-refractivity contribution in [3.63, 3.8) is 0 Å². The standard InChI is InChI=1S/C15H18N2O2/c1-8-3-9-5-10(4-8)14-11(15(19)16-2)7-13(18)17-12(14)6-9/h3,7,9-10H,4-6H2,1-2H3,(H,16,19)(H,17,18)/t9-,10+/m1/s1. The minimum absolute atomic E-state index is 0.159. The van der Waals surface area contributed by atoms with Crippen LogP contribution in [0.3, 0.4) is 0 Å². The number of H-pyrrole nitrogens is 1. The Hall–Kier alpha value is -1.84. The largest absolute Gasteiger partial charge is 0.355 e. The summed E-state index contributed by atoms with van der Waals surface area (Å²) in [6.07, 6.45) is 5.22. The van der Waals surface area contributed by atoms with Crippen molar-refractivity contribution < 1.29 is 4.79 Å². The summed E-state index contributed by atoms with van der Waals surface area (Å²) in [6, 6.07) is 1.44. The van der Waals surface area contributed by atoms with Gasteiger partial charge in [-0.25, -0.2) is 0 Å². The average molecular weight is 258 g/mol. The fourth-order valence-corrected chi connectivity index (χ4v) is 3.57. The lowest BCUT2D eigenvalue weighted by atomic mass is 9.70. The normalized spacial score (nSPS) is 24.4. The fraction of sp³-hybridized carbons (Fsp3) is 0.467. The number of aromatic amines is 1. The molecule has 0 saturated carbocycles. The molecule has 0 fully saturated rings. The maximum Gasteiger partial charge on any atom is 0.251 e. The van der Waals surface area contributed by atoms with Gasteiger partial charge >= 0.3 is 0 Å². The predicted molar refractivity (Wildman–Crippen MR) is 73.4 cm³/mol. The molecule has 1 heterocycles. The molecule has 1 aromatic rings. The van der Waals surface area contributed by atoms with E-state index in [4.69, 9.17) is 0 Å². The van der Waals surface area contributed by atoms with Crippen LogP contribution in [0.4, 0.5) is 0 Å². The lowest BCUT2D eigenvalue weighted by Crippen LogP contribution is -2.31. The number of pyridine rings is 1. The van der Waals surface area contributed by atoms with Gasteiger partial charge in [-0.2, -0.15) is 0 Å². The van der Waals surface area contributed by atoms with E-state index >= 15 is 0 Å². The van der Waals surface area contributed by atoms with Gasteiger partial charge in [0.05, 0.1) is 0 Å². The molecule has 2 N–H and O–H groups in total. The highest BCUT2D eigenvalue weighted by atomic mass is 16.2. The van der Waals surface area contributed by atoms with Crippen molar-refractivity contribution in [3.05, 3.63) is 44.9 Å². The number of allylic oxidation sites excluding steroid dienone is 2. The zero-order valence-electron chi connectivity index (χ0n) is 11.2.